The van der Waals surface area contributed by atoms with Gasteiger partial charge in [0.2, 0.25) is 0 Å². The van der Waals surface area contributed by atoms with Gasteiger partial charge in [-0.05, 0) is 36.3 Å². The Hall–Kier alpha value is -1.60. The predicted octanol–water partition coefficient (Wildman–Crippen LogP) is 4.38. The molecular formula is C18H22O. The molecule has 2 aromatic rings. The maximum atomic E-state index is 10.3. The number of benzene rings is 2. The van der Waals surface area contributed by atoms with Crippen molar-refractivity contribution in [1.29, 1.82) is 0 Å². The topological polar surface area (TPSA) is 20.2 Å². The van der Waals surface area contributed by atoms with Gasteiger partial charge in [0.05, 0.1) is 6.10 Å². The van der Waals surface area contributed by atoms with Crippen LogP contribution < -0.4 is 0 Å². The van der Waals surface area contributed by atoms with Crippen molar-refractivity contribution >= 4 is 0 Å². The highest BCUT2D eigenvalue weighted by molar-refractivity contribution is 5.18. The van der Waals surface area contributed by atoms with Crippen molar-refractivity contribution in [3.8, 4) is 0 Å². The summed E-state index contributed by atoms with van der Waals surface area (Å²) in [4.78, 5) is 0. The Kier molecular flexibility index (Phi) is 5.17. The van der Waals surface area contributed by atoms with Gasteiger partial charge < -0.3 is 5.11 Å². The first-order chi connectivity index (χ1) is 9.27. The van der Waals surface area contributed by atoms with E-state index in [9.17, 15) is 5.11 Å². The molecule has 2 atom stereocenters. The van der Waals surface area contributed by atoms with E-state index >= 15 is 0 Å². The SMILES string of the molecule is CC(CCCc1ccccc1)C(O)c1ccccc1. The van der Waals surface area contributed by atoms with E-state index < -0.39 is 0 Å². The first kappa shape index (κ1) is 13.8. The number of aliphatic hydroxyl groups excluding tert-OH is 1. The summed E-state index contributed by atoms with van der Waals surface area (Å²) >= 11 is 0. The minimum absolute atomic E-state index is 0.297. The number of rotatable bonds is 6. The molecule has 1 nitrogen and oxygen atoms in total. The lowest BCUT2D eigenvalue weighted by molar-refractivity contribution is 0.111. The van der Waals surface area contributed by atoms with Crippen LogP contribution in [0.2, 0.25) is 0 Å². The molecule has 0 aliphatic carbocycles. The second kappa shape index (κ2) is 7.10. The Balaban J connectivity index is 1.80. The molecule has 0 aliphatic rings. The number of hydrogen-bond acceptors (Lipinski definition) is 1. The molecular weight excluding hydrogens is 232 g/mol. The zero-order valence-corrected chi connectivity index (χ0v) is 11.5. The number of aryl methyl sites for hydroxylation is 1. The lowest BCUT2D eigenvalue weighted by atomic mass is 9.92. The zero-order valence-electron chi connectivity index (χ0n) is 11.5. The molecule has 0 amide bonds. The van der Waals surface area contributed by atoms with Crippen molar-refractivity contribution in [1.82, 2.24) is 0 Å². The van der Waals surface area contributed by atoms with Crippen molar-refractivity contribution in [2.24, 2.45) is 5.92 Å². The highest BCUT2D eigenvalue weighted by atomic mass is 16.3. The van der Waals surface area contributed by atoms with E-state index in [2.05, 4.69) is 31.2 Å². The third-order valence-electron chi connectivity index (χ3n) is 3.65. The molecule has 0 saturated heterocycles. The molecule has 2 aromatic carbocycles. The van der Waals surface area contributed by atoms with Crippen LogP contribution in [0.25, 0.3) is 0 Å². The average molecular weight is 254 g/mol. The Morgan fingerprint density at radius 3 is 2.11 bits per heavy atom. The fourth-order valence-corrected chi connectivity index (χ4v) is 2.41. The van der Waals surface area contributed by atoms with Crippen LogP contribution in [0.4, 0.5) is 0 Å². The Morgan fingerprint density at radius 2 is 1.47 bits per heavy atom. The van der Waals surface area contributed by atoms with Crippen LogP contribution in [0.5, 0.6) is 0 Å². The smallest absolute Gasteiger partial charge is 0.0815 e. The van der Waals surface area contributed by atoms with Crippen molar-refractivity contribution in [2.45, 2.75) is 32.3 Å². The van der Waals surface area contributed by atoms with E-state index in [4.69, 9.17) is 0 Å². The van der Waals surface area contributed by atoms with Gasteiger partial charge in [-0.3, -0.25) is 0 Å². The molecule has 0 aliphatic heterocycles. The van der Waals surface area contributed by atoms with Gasteiger partial charge in [0.25, 0.3) is 0 Å². The summed E-state index contributed by atoms with van der Waals surface area (Å²) in [5, 5.41) is 10.3. The number of aliphatic hydroxyl groups is 1. The molecule has 0 bridgehead atoms. The molecule has 100 valence electrons. The number of hydrogen-bond donors (Lipinski definition) is 1. The zero-order chi connectivity index (χ0) is 13.5. The first-order valence-corrected chi connectivity index (χ1v) is 7.04. The summed E-state index contributed by atoms with van der Waals surface area (Å²) in [5.41, 5.74) is 2.40. The van der Waals surface area contributed by atoms with Crippen LogP contribution >= 0.6 is 0 Å². The molecule has 2 rings (SSSR count). The van der Waals surface area contributed by atoms with E-state index in [0.717, 1.165) is 24.8 Å². The summed E-state index contributed by atoms with van der Waals surface area (Å²) in [6.45, 7) is 2.13. The summed E-state index contributed by atoms with van der Waals surface area (Å²) in [6.07, 6.45) is 2.91. The van der Waals surface area contributed by atoms with Crippen LogP contribution in [-0.2, 0) is 6.42 Å². The molecule has 19 heavy (non-hydrogen) atoms. The molecule has 1 heteroatoms. The third-order valence-corrected chi connectivity index (χ3v) is 3.65. The van der Waals surface area contributed by atoms with E-state index in [-0.39, 0.29) is 6.10 Å². The van der Waals surface area contributed by atoms with Gasteiger partial charge in [-0.1, -0.05) is 67.6 Å². The standard InChI is InChI=1S/C18H22O/c1-15(18(19)17-13-6-3-7-14-17)9-8-12-16-10-4-2-5-11-16/h2-7,10-11,13-15,18-19H,8-9,12H2,1H3. The predicted molar refractivity (Wildman–Crippen MR) is 79.9 cm³/mol. The van der Waals surface area contributed by atoms with Crippen LogP contribution in [-0.4, -0.2) is 5.11 Å². The van der Waals surface area contributed by atoms with Crippen LogP contribution in [0, 0.1) is 5.92 Å². The molecule has 0 fully saturated rings. The van der Waals surface area contributed by atoms with Gasteiger partial charge in [0.15, 0.2) is 0 Å². The second-order valence-corrected chi connectivity index (χ2v) is 5.21. The first-order valence-electron chi connectivity index (χ1n) is 7.04. The molecule has 0 saturated carbocycles. The summed E-state index contributed by atoms with van der Waals surface area (Å²) in [6, 6.07) is 20.5. The molecule has 0 spiro atoms. The largest absolute Gasteiger partial charge is 0.388 e. The van der Waals surface area contributed by atoms with E-state index in [1.165, 1.54) is 5.56 Å². The molecule has 0 heterocycles. The lowest BCUT2D eigenvalue weighted by Gasteiger charge is -2.19. The van der Waals surface area contributed by atoms with Gasteiger partial charge in [0.1, 0.15) is 0 Å². The van der Waals surface area contributed by atoms with Gasteiger partial charge in [0, 0.05) is 0 Å². The van der Waals surface area contributed by atoms with Crippen molar-refractivity contribution in [3.63, 3.8) is 0 Å². The highest BCUT2D eigenvalue weighted by Gasteiger charge is 2.15. The third kappa shape index (κ3) is 4.22. The van der Waals surface area contributed by atoms with E-state index in [1.807, 2.05) is 36.4 Å². The average Bonchev–Trinajstić information content (AvgIpc) is 2.48. The monoisotopic (exact) mass is 254 g/mol. The quantitative estimate of drug-likeness (QED) is 0.811. The maximum absolute atomic E-state index is 10.3. The van der Waals surface area contributed by atoms with Crippen LogP contribution in [0.1, 0.15) is 37.0 Å². The van der Waals surface area contributed by atoms with Crippen molar-refractivity contribution < 1.29 is 5.11 Å². The Bertz CT molecular complexity index is 464. The van der Waals surface area contributed by atoms with Crippen molar-refractivity contribution in [2.75, 3.05) is 0 Å². The van der Waals surface area contributed by atoms with E-state index in [1.54, 1.807) is 0 Å². The van der Waals surface area contributed by atoms with E-state index in [0.29, 0.717) is 5.92 Å². The minimum atomic E-state index is -0.350. The van der Waals surface area contributed by atoms with Crippen molar-refractivity contribution in [3.05, 3.63) is 71.8 Å². The normalized spacial score (nSPS) is 14.0. The second-order valence-electron chi connectivity index (χ2n) is 5.21. The van der Waals surface area contributed by atoms with Gasteiger partial charge >= 0.3 is 0 Å². The van der Waals surface area contributed by atoms with Gasteiger partial charge in [-0.15, -0.1) is 0 Å². The lowest BCUT2D eigenvalue weighted by Crippen LogP contribution is -2.09. The minimum Gasteiger partial charge on any atom is -0.388 e. The Morgan fingerprint density at radius 1 is 0.895 bits per heavy atom. The summed E-state index contributed by atoms with van der Waals surface area (Å²) in [7, 11) is 0. The van der Waals surface area contributed by atoms with Gasteiger partial charge in [-0.25, -0.2) is 0 Å². The van der Waals surface area contributed by atoms with Crippen LogP contribution in [0.15, 0.2) is 60.7 Å². The summed E-state index contributed by atoms with van der Waals surface area (Å²) in [5.74, 6) is 0.297. The molecule has 0 radical (unpaired) electrons. The fraction of sp³-hybridized carbons (Fsp3) is 0.333. The Labute approximate surface area is 115 Å². The maximum Gasteiger partial charge on any atom is 0.0815 e. The van der Waals surface area contributed by atoms with Crippen LogP contribution in [0.3, 0.4) is 0 Å². The highest BCUT2D eigenvalue weighted by Crippen LogP contribution is 2.25. The summed E-state index contributed by atoms with van der Waals surface area (Å²) < 4.78 is 0. The van der Waals surface area contributed by atoms with Gasteiger partial charge in [-0.2, -0.15) is 0 Å². The molecule has 0 aromatic heterocycles. The fourth-order valence-electron chi connectivity index (χ4n) is 2.41. The molecule has 2 unspecified atom stereocenters. The molecule has 1 N–H and O–H groups in total.